The van der Waals surface area contributed by atoms with Gasteiger partial charge in [-0.3, -0.25) is 4.79 Å². The maximum atomic E-state index is 12.3. The largest absolute Gasteiger partial charge is 0.507 e. The normalized spacial score (nSPS) is 13.0. The average molecular weight is 806 g/mol. The lowest BCUT2D eigenvalue weighted by Gasteiger charge is -2.31. The van der Waals surface area contributed by atoms with E-state index in [0.29, 0.717) is 30.1 Å². The molecule has 4 aromatic carbocycles. The van der Waals surface area contributed by atoms with Crippen LogP contribution in [0, 0.1) is 6.92 Å². The van der Waals surface area contributed by atoms with Gasteiger partial charge in [-0.2, -0.15) is 0 Å². The highest BCUT2D eigenvalue weighted by Gasteiger charge is 2.31. The van der Waals surface area contributed by atoms with Gasteiger partial charge in [-0.1, -0.05) is 186 Å². The summed E-state index contributed by atoms with van der Waals surface area (Å²) >= 11 is 0. The van der Waals surface area contributed by atoms with Crippen LogP contribution in [-0.4, -0.2) is 21.2 Å². The molecule has 4 N–H and O–H groups in total. The predicted molar refractivity (Wildman–Crippen MR) is 252 cm³/mol. The molecular formula is C54H79NO4. The highest BCUT2D eigenvalue weighted by molar-refractivity contribution is 5.90. The number of rotatable bonds is 6. The van der Waals surface area contributed by atoms with Gasteiger partial charge in [0.05, 0.1) is 0 Å². The van der Waals surface area contributed by atoms with Crippen molar-refractivity contribution in [3.05, 3.63) is 116 Å². The first-order valence-electron chi connectivity index (χ1n) is 21.5. The standard InChI is InChI=1S/C30H46O2.C24H33NO2/c1-18(21-14-19(27(2,3)4)16-23(25(21)31)29(8,9)10)22-15-20(28(5,6)7)17-24(26(22)32)30(11,12)13;1-16-8-11-18(12-9-16)25-21(26)13-10-17-14-19(23(2,3)4)22(27)20(15-17)24(5,6)7/h14-18,31-32H,1-13H3;8-9,11-12,14-15,27H,10,13H2,1-7H3,(H,25,26). The second kappa shape index (κ2) is 17.4. The van der Waals surface area contributed by atoms with Crippen LogP contribution in [0.2, 0.25) is 0 Å². The molecule has 5 heteroatoms. The minimum Gasteiger partial charge on any atom is -0.507 e. The Morgan fingerprint density at radius 2 is 0.847 bits per heavy atom. The van der Waals surface area contributed by atoms with Crippen LogP contribution < -0.4 is 5.32 Å². The zero-order chi connectivity index (χ0) is 45.4. The number of aromatic hydroxyl groups is 3. The molecule has 4 rings (SSSR count). The monoisotopic (exact) mass is 806 g/mol. The van der Waals surface area contributed by atoms with E-state index in [1.165, 1.54) is 16.7 Å². The summed E-state index contributed by atoms with van der Waals surface area (Å²) in [6, 6.07) is 20.5. The molecule has 0 radical (unpaired) electrons. The van der Waals surface area contributed by atoms with Crippen LogP contribution in [-0.2, 0) is 43.7 Å². The Kier molecular flexibility index (Phi) is 14.5. The molecule has 0 aliphatic heterocycles. The molecule has 324 valence electrons. The van der Waals surface area contributed by atoms with Crippen molar-refractivity contribution < 1.29 is 20.1 Å². The molecule has 0 aliphatic rings. The van der Waals surface area contributed by atoms with Crippen molar-refractivity contribution in [2.24, 2.45) is 0 Å². The third-order valence-corrected chi connectivity index (χ3v) is 11.3. The summed E-state index contributed by atoms with van der Waals surface area (Å²) in [5, 5.41) is 36.6. The van der Waals surface area contributed by atoms with Gasteiger partial charge in [0, 0.05) is 29.2 Å². The Hall–Kier alpha value is -4.25. The van der Waals surface area contributed by atoms with E-state index in [1.54, 1.807) is 0 Å². The highest BCUT2D eigenvalue weighted by atomic mass is 16.3. The van der Waals surface area contributed by atoms with E-state index in [9.17, 15) is 20.1 Å². The van der Waals surface area contributed by atoms with Crippen LogP contribution in [0.3, 0.4) is 0 Å². The second-order valence-corrected chi connectivity index (χ2v) is 23.1. The van der Waals surface area contributed by atoms with Crippen LogP contribution >= 0.6 is 0 Å². The Morgan fingerprint density at radius 3 is 1.17 bits per heavy atom. The quantitative estimate of drug-likeness (QED) is 0.156. The summed E-state index contributed by atoms with van der Waals surface area (Å²) in [7, 11) is 0. The number of hydrogen-bond donors (Lipinski definition) is 4. The average Bonchev–Trinajstić information content (AvgIpc) is 3.06. The Labute approximate surface area is 359 Å². The molecular weight excluding hydrogens is 727 g/mol. The van der Waals surface area contributed by atoms with Crippen LogP contribution in [0.5, 0.6) is 17.2 Å². The molecule has 0 unspecified atom stereocenters. The minimum absolute atomic E-state index is 0.00143. The number of aryl methyl sites for hydroxylation is 2. The van der Waals surface area contributed by atoms with Crippen molar-refractivity contribution in [2.45, 2.75) is 190 Å². The van der Waals surface area contributed by atoms with Gasteiger partial charge < -0.3 is 20.6 Å². The number of phenols is 3. The molecule has 0 aliphatic carbocycles. The van der Waals surface area contributed by atoms with Crippen molar-refractivity contribution in [1.29, 1.82) is 0 Å². The topological polar surface area (TPSA) is 89.8 Å². The first-order chi connectivity index (χ1) is 26.5. The predicted octanol–water partition coefficient (Wildman–Crippen LogP) is 14.3. The van der Waals surface area contributed by atoms with E-state index < -0.39 is 0 Å². The lowest BCUT2D eigenvalue weighted by Crippen LogP contribution is -2.19. The van der Waals surface area contributed by atoms with Gasteiger partial charge in [-0.05, 0) is 96.9 Å². The van der Waals surface area contributed by atoms with Crippen molar-refractivity contribution in [1.82, 2.24) is 0 Å². The fourth-order valence-electron chi connectivity index (χ4n) is 7.25. The maximum Gasteiger partial charge on any atom is 0.224 e. The van der Waals surface area contributed by atoms with Gasteiger partial charge in [0.2, 0.25) is 5.91 Å². The third kappa shape index (κ3) is 12.6. The fraction of sp³-hybridized carbons (Fsp3) is 0.537. The van der Waals surface area contributed by atoms with Gasteiger partial charge in [-0.15, -0.1) is 0 Å². The van der Waals surface area contributed by atoms with Crippen molar-refractivity contribution >= 4 is 11.6 Å². The second-order valence-electron chi connectivity index (χ2n) is 23.1. The zero-order valence-electron chi connectivity index (χ0n) is 40.5. The number of carbonyl (C=O) groups is 1. The number of benzene rings is 4. The van der Waals surface area contributed by atoms with Gasteiger partial charge in [0.25, 0.3) is 0 Å². The molecule has 0 atom stereocenters. The maximum absolute atomic E-state index is 12.3. The molecule has 5 nitrogen and oxygen atoms in total. The first-order valence-corrected chi connectivity index (χ1v) is 21.5. The van der Waals surface area contributed by atoms with Crippen LogP contribution in [0.15, 0.2) is 60.7 Å². The van der Waals surface area contributed by atoms with Crippen LogP contribution in [0.4, 0.5) is 5.69 Å². The summed E-state index contributed by atoms with van der Waals surface area (Å²) < 4.78 is 0. The molecule has 0 spiro atoms. The Morgan fingerprint density at radius 1 is 0.508 bits per heavy atom. The Balaban J connectivity index is 0.000000320. The van der Waals surface area contributed by atoms with E-state index in [0.717, 1.165) is 44.6 Å². The molecule has 0 saturated carbocycles. The molecule has 59 heavy (non-hydrogen) atoms. The number of nitrogens with one attached hydrogen (secondary N) is 1. The summed E-state index contributed by atoms with van der Waals surface area (Å²) in [6.45, 7) is 42.8. The molecule has 0 fully saturated rings. The number of amides is 1. The van der Waals surface area contributed by atoms with Gasteiger partial charge in [-0.25, -0.2) is 0 Å². The van der Waals surface area contributed by atoms with E-state index in [2.05, 4.69) is 161 Å². The molecule has 0 bridgehead atoms. The van der Waals surface area contributed by atoms with Gasteiger partial charge >= 0.3 is 0 Å². The summed E-state index contributed by atoms with van der Waals surface area (Å²) in [5.74, 6) is 0.915. The summed E-state index contributed by atoms with van der Waals surface area (Å²) in [6.07, 6.45) is 1.05. The summed E-state index contributed by atoms with van der Waals surface area (Å²) in [5.41, 5.74) is 10.2. The highest BCUT2D eigenvalue weighted by Crippen LogP contribution is 2.47. The Bertz CT molecular complexity index is 1980. The molecule has 0 aromatic heterocycles. The lowest BCUT2D eigenvalue weighted by atomic mass is 9.74. The molecule has 1 amide bonds. The zero-order valence-corrected chi connectivity index (χ0v) is 40.5. The molecule has 4 aromatic rings. The molecule has 0 heterocycles. The molecule has 0 saturated heterocycles. The van der Waals surface area contributed by atoms with Crippen LogP contribution in [0.1, 0.15) is 200 Å². The third-order valence-electron chi connectivity index (χ3n) is 11.3. The number of carbonyl (C=O) groups excluding carboxylic acids is 1. The smallest absolute Gasteiger partial charge is 0.224 e. The van der Waals surface area contributed by atoms with Crippen molar-refractivity contribution in [2.75, 3.05) is 5.32 Å². The van der Waals surface area contributed by atoms with E-state index in [4.69, 9.17) is 0 Å². The number of anilines is 1. The van der Waals surface area contributed by atoms with E-state index in [1.807, 2.05) is 43.3 Å². The van der Waals surface area contributed by atoms with Gasteiger partial charge in [0.1, 0.15) is 17.2 Å². The fourth-order valence-corrected chi connectivity index (χ4v) is 7.25. The number of hydrogen-bond acceptors (Lipinski definition) is 4. The van der Waals surface area contributed by atoms with Gasteiger partial charge in [0.15, 0.2) is 0 Å². The lowest BCUT2D eigenvalue weighted by molar-refractivity contribution is -0.116. The SMILES string of the molecule is CC(c1cc(C(C)(C)C)cc(C(C)(C)C)c1O)c1cc(C(C)(C)C)cc(C(C)(C)C)c1O.Cc1ccc(NC(=O)CCc2cc(C(C)(C)C)c(O)c(C(C)(C)C)c2)cc1. The summed E-state index contributed by atoms with van der Waals surface area (Å²) in [4.78, 5) is 12.3. The first kappa shape index (κ1) is 49.1. The van der Waals surface area contributed by atoms with Crippen LogP contribution in [0.25, 0.3) is 0 Å². The van der Waals surface area contributed by atoms with E-state index in [-0.39, 0.29) is 44.3 Å². The minimum atomic E-state index is -0.189. The van der Waals surface area contributed by atoms with E-state index >= 15 is 0 Å². The van der Waals surface area contributed by atoms with Crippen molar-refractivity contribution in [3.8, 4) is 17.2 Å². The van der Waals surface area contributed by atoms with Crippen molar-refractivity contribution in [3.63, 3.8) is 0 Å². The number of phenolic OH excluding ortho intramolecular Hbond substituents is 3.